The summed E-state index contributed by atoms with van der Waals surface area (Å²) in [4.78, 5) is 18.1. The summed E-state index contributed by atoms with van der Waals surface area (Å²) in [6.07, 6.45) is 1.60. The van der Waals surface area contributed by atoms with Crippen molar-refractivity contribution in [3.05, 3.63) is 105 Å². The topological polar surface area (TPSA) is 36.7 Å². The lowest BCUT2D eigenvalue weighted by atomic mass is 9.85. The molecule has 4 aromatic rings. The van der Waals surface area contributed by atoms with Gasteiger partial charge in [0.2, 0.25) is 0 Å². The van der Waals surface area contributed by atoms with Crippen molar-refractivity contribution in [2.75, 3.05) is 23.9 Å². The van der Waals surface area contributed by atoms with Crippen LogP contribution in [0.4, 0.5) is 11.4 Å². The van der Waals surface area contributed by atoms with Gasteiger partial charge in [0.15, 0.2) is 5.43 Å². The highest BCUT2D eigenvalue weighted by Gasteiger charge is 2.23. The Bertz CT molecular complexity index is 1300. The third-order valence-electron chi connectivity index (χ3n) is 6.89. The van der Waals surface area contributed by atoms with E-state index in [0.717, 1.165) is 22.5 Å². The van der Waals surface area contributed by atoms with Crippen LogP contribution in [-0.4, -0.2) is 26.2 Å². The highest BCUT2D eigenvalue weighted by molar-refractivity contribution is 6.31. The molecule has 4 rings (SSSR count). The molecule has 0 N–H and O–H groups in total. The zero-order chi connectivity index (χ0) is 25.3. The van der Waals surface area contributed by atoms with E-state index in [0.29, 0.717) is 33.6 Å². The van der Waals surface area contributed by atoms with Gasteiger partial charge in [-0.05, 0) is 81.3 Å². The first-order chi connectivity index (χ1) is 16.7. The number of rotatable bonds is 7. The fourth-order valence-corrected chi connectivity index (χ4v) is 4.44. The van der Waals surface area contributed by atoms with Crippen LogP contribution in [0, 0.1) is 0 Å². The van der Waals surface area contributed by atoms with E-state index >= 15 is 0 Å². The quantitative estimate of drug-likeness (QED) is 0.273. The number of fused-ring (bicyclic) bond motifs is 1. The highest BCUT2D eigenvalue weighted by Crippen LogP contribution is 2.34. The molecule has 0 amide bonds. The second-order valence-electron chi connectivity index (χ2n) is 9.69. The molecule has 0 unspecified atom stereocenters. The third-order valence-corrected chi connectivity index (χ3v) is 7.12. The maximum atomic E-state index is 13.7. The number of anilines is 2. The van der Waals surface area contributed by atoms with E-state index in [1.54, 1.807) is 24.5 Å². The van der Waals surface area contributed by atoms with Crippen LogP contribution in [0.3, 0.4) is 0 Å². The van der Waals surface area contributed by atoms with Crippen LogP contribution >= 0.6 is 11.6 Å². The van der Waals surface area contributed by atoms with Crippen LogP contribution in [0.5, 0.6) is 0 Å². The summed E-state index contributed by atoms with van der Waals surface area (Å²) in [5.74, 6) is -0.272. The molecular weight excluding hydrogens is 456 g/mol. The molecule has 0 aliphatic carbocycles. The molecule has 0 saturated heterocycles. The summed E-state index contributed by atoms with van der Waals surface area (Å²) in [5.41, 5.74) is 5.39. The molecule has 0 atom stereocenters. The Labute approximate surface area is 212 Å². The summed E-state index contributed by atoms with van der Waals surface area (Å²) in [6.45, 7) is 8.66. The molecule has 0 saturated carbocycles. The van der Waals surface area contributed by atoms with Crippen LogP contribution in [0.25, 0.3) is 11.0 Å². The second-order valence-corrected chi connectivity index (χ2v) is 10.1. The molecule has 0 fully saturated rings. The number of hydrogen-bond donors (Lipinski definition) is 0. The molecule has 0 radical (unpaired) electrons. The molecule has 1 heterocycles. The Balaban J connectivity index is 1.86. The van der Waals surface area contributed by atoms with Crippen LogP contribution in [0.15, 0.2) is 82.2 Å². The van der Waals surface area contributed by atoms with Crippen LogP contribution < -0.4 is 15.2 Å². The molecule has 3 aromatic carbocycles. The Morgan fingerprint density at radius 1 is 0.743 bits per heavy atom. The predicted molar refractivity (Wildman–Crippen MR) is 148 cm³/mol. The molecule has 5 heteroatoms. The van der Waals surface area contributed by atoms with Crippen LogP contribution in [0.2, 0.25) is 5.02 Å². The van der Waals surface area contributed by atoms with Gasteiger partial charge in [-0.2, -0.15) is 0 Å². The van der Waals surface area contributed by atoms with E-state index in [4.69, 9.17) is 16.0 Å². The molecule has 4 nitrogen and oxygen atoms in total. The number of hydrogen-bond acceptors (Lipinski definition) is 4. The SMILES string of the molecule is CC(C)N(C)c1ccc(C(c2ccc(N(C)C(C)C)cc2)c2coc3ccc(Cl)cc3c2=O)cc1. The van der Waals surface area contributed by atoms with Crippen LogP contribution in [-0.2, 0) is 0 Å². The molecule has 1 aromatic heterocycles. The summed E-state index contributed by atoms with van der Waals surface area (Å²) in [5, 5.41) is 1.01. The summed E-state index contributed by atoms with van der Waals surface area (Å²) in [6, 6.07) is 22.8. The zero-order valence-corrected chi connectivity index (χ0v) is 22.0. The Hall–Kier alpha value is -3.24. The first-order valence-corrected chi connectivity index (χ1v) is 12.4. The lowest BCUT2D eigenvalue weighted by Crippen LogP contribution is -2.25. The predicted octanol–water partition coefficient (Wildman–Crippen LogP) is 7.32. The molecule has 0 aliphatic rings. The zero-order valence-electron chi connectivity index (χ0n) is 21.2. The first-order valence-electron chi connectivity index (χ1n) is 12.0. The highest BCUT2D eigenvalue weighted by atomic mass is 35.5. The summed E-state index contributed by atoms with van der Waals surface area (Å²) >= 11 is 6.21. The maximum absolute atomic E-state index is 13.7. The van der Waals surface area contributed by atoms with Crippen molar-refractivity contribution < 1.29 is 4.42 Å². The molecule has 0 aliphatic heterocycles. The van der Waals surface area contributed by atoms with E-state index in [-0.39, 0.29) is 11.3 Å². The average Bonchev–Trinajstić information content (AvgIpc) is 2.85. The van der Waals surface area contributed by atoms with E-state index in [1.165, 1.54) is 0 Å². The maximum Gasteiger partial charge on any atom is 0.196 e. The van der Waals surface area contributed by atoms with Gasteiger partial charge in [0.05, 0.1) is 11.6 Å². The normalized spacial score (nSPS) is 11.6. The monoisotopic (exact) mass is 488 g/mol. The number of benzene rings is 3. The molecule has 182 valence electrons. The molecular formula is C30H33ClN2O2. The Morgan fingerprint density at radius 2 is 1.23 bits per heavy atom. The van der Waals surface area contributed by atoms with Gasteiger partial charge in [0.25, 0.3) is 0 Å². The molecule has 0 spiro atoms. The van der Waals surface area contributed by atoms with Gasteiger partial charge in [-0.3, -0.25) is 4.79 Å². The minimum absolute atomic E-state index is 0.0644. The average molecular weight is 489 g/mol. The number of nitrogens with zero attached hydrogens (tertiary/aromatic N) is 2. The lowest BCUT2D eigenvalue weighted by molar-refractivity contribution is 0.590. The van der Waals surface area contributed by atoms with Gasteiger partial charge in [-0.15, -0.1) is 0 Å². The van der Waals surface area contributed by atoms with Crippen LogP contribution in [0.1, 0.15) is 50.3 Å². The van der Waals surface area contributed by atoms with Gasteiger partial charge in [-0.25, -0.2) is 0 Å². The summed E-state index contributed by atoms with van der Waals surface area (Å²) < 4.78 is 5.91. The van der Waals surface area contributed by atoms with Gasteiger partial charge < -0.3 is 14.2 Å². The third kappa shape index (κ3) is 5.08. The van der Waals surface area contributed by atoms with E-state index in [9.17, 15) is 4.79 Å². The standard InChI is InChI=1S/C30H33ClN2O2/c1-19(2)32(5)24-12-7-21(8-13-24)29(22-9-14-25(15-10-22)33(6)20(3)4)27-18-35-28-16-11-23(31)17-26(28)30(27)34/h7-20,29H,1-6H3. The largest absolute Gasteiger partial charge is 0.464 e. The molecule has 0 bridgehead atoms. The Morgan fingerprint density at radius 3 is 1.69 bits per heavy atom. The fourth-order valence-electron chi connectivity index (χ4n) is 4.27. The van der Waals surface area contributed by atoms with Gasteiger partial charge >= 0.3 is 0 Å². The minimum atomic E-state index is -0.272. The van der Waals surface area contributed by atoms with Gasteiger partial charge in [0.1, 0.15) is 5.58 Å². The smallest absolute Gasteiger partial charge is 0.196 e. The lowest BCUT2D eigenvalue weighted by Gasteiger charge is -2.26. The van der Waals surface area contributed by atoms with Gasteiger partial charge in [0, 0.05) is 54.1 Å². The van der Waals surface area contributed by atoms with E-state index < -0.39 is 0 Å². The number of halogens is 1. The van der Waals surface area contributed by atoms with Crippen molar-refractivity contribution in [3.8, 4) is 0 Å². The van der Waals surface area contributed by atoms with Crippen molar-refractivity contribution >= 4 is 33.9 Å². The van der Waals surface area contributed by atoms with Gasteiger partial charge in [-0.1, -0.05) is 35.9 Å². The second kappa shape index (κ2) is 10.2. The molecule has 35 heavy (non-hydrogen) atoms. The van der Waals surface area contributed by atoms with E-state index in [2.05, 4.69) is 100 Å². The van der Waals surface area contributed by atoms with E-state index in [1.807, 2.05) is 0 Å². The fraction of sp³-hybridized carbons (Fsp3) is 0.300. The Kier molecular flexibility index (Phi) is 7.23. The van der Waals surface area contributed by atoms with Crippen molar-refractivity contribution in [1.82, 2.24) is 0 Å². The summed E-state index contributed by atoms with van der Waals surface area (Å²) in [7, 11) is 4.17. The van der Waals surface area contributed by atoms with Crippen molar-refractivity contribution in [3.63, 3.8) is 0 Å². The first kappa shape index (κ1) is 24.9. The van der Waals surface area contributed by atoms with Crippen molar-refractivity contribution in [1.29, 1.82) is 0 Å². The van der Waals surface area contributed by atoms with Crippen molar-refractivity contribution in [2.45, 2.75) is 45.7 Å². The van der Waals surface area contributed by atoms with Crippen molar-refractivity contribution in [2.24, 2.45) is 0 Å². The minimum Gasteiger partial charge on any atom is -0.464 e.